The van der Waals surface area contributed by atoms with E-state index in [-0.39, 0.29) is 30.1 Å². The zero-order valence-electron chi connectivity index (χ0n) is 17.3. The summed E-state index contributed by atoms with van der Waals surface area (Å²) in [4.78, 5) is 24.8. The highest BCUT2D eigenvalue weighted by Crippen LogP contribution is 2.32. The number of amides is 2. The zero-order valence-corrected chi connectivity index (χ0v) is 17.3. The molecule has 5 nitrogen and oxygen atoms in total. The molecule has 150 valence electrons. The Kier molecular flexibility index (Phi) is 7.61. The summed E-state index contributed by atoms with van der Waals surface area (Å²) in [5.74, 6) is 0.616. The van der Waals surface area contributed by atoms with Gasteiger partial charge in [-0.3, -0.25) is 9.59 Å². The van der Waals surface area contributed by atoms with Gasteiger partial charge < -0.3 is 15.4 Å². The minimum absolute atomic E-state index is 0.223. The highest BCUT2D eigenvalue weighted by Gasteiger charge is 2.17. The van der Waals surface area contributed by atoms with Gasteiger partial charge in [-0.15, -0.1) is 0 Å². The van der Waals surface area contributed by atoms with Crippen molar-refractivity contribution < 1.29 is 14.3 Å². The number of para-hydroxylation sites is 2. The van der Waals surface area contributed by atoms with Crippen molar-refractivity contribution in [1.82, 2.24) is 5.32 Å². The summed E-state index contributed by atoms with van der Waals surface area (Å²) in [6, 6.07) is 13.5. The summed E-state index contributed by atoms with van der Waals surface area (Å²) in [6.07, 6.45) is -0.223. The fraction of sp³-hybridized carbons (Fsp3) is 0.391. The van der Waals surface area contributed by atoms with Crippen LogP contribution in [0.4, 0.5) is 5.69 Å². The Labute approximate surface area is 167 Å². The van der Waals surface area contributed by atoms with Crippen LogP contribution in [0, 0.1) is 0 Å². The molecule has 2 amide bonds. The van der Waals surface area contributed by atoms with Gasteiger partial charge in [-0.2, -0.15) is 0 Å². The fourth-order valence-electron chi connectivity index (χ4n) is 3.13. The second kappa shape index (κ2) is 9.93. The molecular formula is C23H30N2O3. The molecule has 28 heavy (non-hydrogen) atoms. The van der Waals surface area contributed by atoms with Crippen molar-refractivity contribution in [2.24, 2.45) is 0 Å². The van der Waals surface area contributed by atoms with Crippen molar-refractivity contribution in [3.05, 3.63) is 59.2 Å². The van der Waals surface area contributed by atoms with Crippen LogP contribution in [0.15, 0.2) is 42.5 Å². The minimum Gasteiger partial charge on any atom is -0.496 e. The molecule has 0 atom stereocenters. The first-order valence-corrected chi connectivity index (χ1v) is 9.64. The van der Waals surface area contributed by atoms with E-state index < -0.39 is 0 Å². The maximum atomic E-state index is 12.5. The Bertz CT molecular complexity index is 802. The van der Waals surface area contributed by atoms with Gasteiger partial charge >= 0.3 is 0 Å². The number of methoxy groups -OCH3 is 1. The molecular weight excluding hydrogens is 352 g/mol. The molecule has 0 unspecified atom stereocenters. The van der Waals surface area contributed by atoms with Crippen LogP contribution in [0.25, 0.3) is 0 Å². The first-order valence-electron chi connectivity index (χ1n) is 9.64. The highest BCUT2D eigenvalue weighted by molar-refractivity contribution is 6.04. The van der Waals surface area contributed by atoms with Crippen LogP contribution in [0.5, 0.6) is 5.75 Å². The van der Waals surface area contributed by atoms with E-state index in [9.17, 15) is 9.59 Å². The average molecular weight is 383 g/mol. The molecule has 0 aliphatic carbocycles. The van der Waals surface area contributed by atoms with Crippen molar-refractivity contribution in [2.45, 2.75) is 52.5 Å². The molecule has 0 radical (unpaired) electrons. The summed E-state index contributed by atoms with van der Waals surface area (Å²) in [6.45, 7) is 8.68. The van der Waals surface area contributed by atoms with E-state index in [2.05, 4.69) is 38.3 Å². The van der Waals surface area contributed by atoms with Crippen LogP contribution in [-0.4, -0.2) is 18.9 Å². The lowest BCUT2D eigenvalue weighted by Gasteiger charge is -2.20. The van der Waals surface area contributed by atoms with Gasteiger partial charge in [-0.05, 0) is 29.0 Å². The zero-order chi connectivity index (χ0) is 20.7. The molecule has 0 fully saturated rings. The van der Waals surface area contributed by atoms with E-state index in [1.165, 1.54) is 0 Å². The summed E-state index contributed by atoms with van der Waals surface area (Å²) in [5, 5.41) is 5.75. The Morgan fingerprint density at radius 1 is 0.893 bits per heavy atom. The molecule has 0 spiro atoms. The Hall–Kier alpha value is -2.82. The SMILES string of the molecule is COc1ccccc1CNC(=O)CC(=O)Nc1c(C(C)C)cccc1C(C)C. The molecule has 5 heteroatoms. The number of ether oxygens (including phenoxy) is 1. The molecule has 0 aliphatic heterocycles. The van der Waals surface area contributed by atoms with Crippen LogP contribution in [0.3, 0.4) is 0 Å². The van der Waals surface area contributed by atoms with Crippen LogP contribution in [0.1, 0.15) is 62.6 Å². The smallest absolute Gasteiger partial charge is 0.233 e. The van der Waals surface area contributed by atoms with Crippen molar-refractivity contribution in [3.8, 4) is 5.75 Å². The van der Waals surface area contributed by atoms with Gasteiger partial charge in [0, 0.05) is 17.8 Å². The van der Waals surface area contributed by atoms with Crippen LogP contribution in [0.2, 0.25) is 0 Å². The quantitative estimate of drug-likeness (QED) is 0.656. The third kappa shape index (κ3) is 5.59. The Balaban J connectivity index is 2.03. The van der Waals surface area contributed by atoms with Gasteiger partial charge in [0.25, 0.3) is 0 Å². The maximum absolute atomic E-state index is 12.5. The van der Waals surface area contributed by atoms with Gasteiger partial charge in [0.15, 0.2) is 0 Å². The number of anilines is 1. The summed E-state index contributed by atoms with van der Waals surface area (Å²) < 4.78 is 5.28. The standard InChI is InChI=1S/C23H30N2O3/c1-15(2)18-10-8-11-19(16(3)4)23(18)25-22(27)13-21(26)24-14-17-9-6-7-12-20(17)28-5/h6-12,15-16H,13-14H2,1-5H3,(H,24,26)(H,25,27). The first kappa shape index (κ1) is 21.5. The Morgan fingerprint density at radius 2 is 1.50 bits per heavy atom. The van der Waals surface area contributed by atoms with Gasteiger partial charge in [0.2, 0.25) is 11.8 Å². The third-order valence-electron chi connectivity index (χ3n) is 4.63. The number of benzene rings is 2. The predicted octanol–water partition coefficient (Wildman–Crippen LogP) is 4.59. The predicted molar refractivity (Wildman–Crippen MR) is 113 cm³/mol. The van der Waals surface area contributed by atoms with E-state index in [0.29, 0.717) is 12.3 Å². The molecule has 0 bridgehead atoms. The topological polar surface area (TPSA) is 67.4 Å². The van der Waals surface area contributed by atoms with Gasteiger partial charge in [0.05, 0.1) is 7.11 Å². The second-order valence-electron chi connectivity index (χ2n) is 7.43. The molecule has 2 aromatic carbocycles. The Morgan fingerprint density at radius 3 is 2.07 bits per heavy atom. The lowest BCUT2D eigenvalue weighted by atomic mass is 9.92. The van der Waals surface area contributed by atoms with E-state index in [1.807, 2.05) is 42.5 Å². The van der Waals surface area contributed by atoms with Crippen molar-refractivity contribution in [2.75, 3.05) is 12.4 Å². The lowest BCUT2D eigenvalue weighted by molar-refractivity contribution is -0.126. The van der Waals surface area contributed by atoms with Crippen LogP contribution in [-0.2, 0) is 16.1 Å². The van der Waals surface area contributed by atoms with E-state index in [4.69, 9.17) is 4.74 Å². The number of nitrogens with one attached hydrogen (secondary N) is 2. The van der Waals surface area contributed by atoms with E-state index >= 15 is 0 Å². The number of carbonyl (C=O) groups excluding carboxylic acids is 2. The van der Waals surface area contributed by atoms with Gasteiger partial charge in [0.1, 0.15) is 12.2 Å². The summed E-state index contributed by atoms with van der Waals surface area (Å²) in [5.41, 5.74) is 3.85. The lowest BCUT2D eigenvalue weighted by Crippen LogP contribution is -2.28. The average Bonchev–Trinajstić information content (AvgIpc) is 2.66. The highest BCUT2D eigenvalue weighted by atomic mass is 16.5. The third-order valence-corrected chi connectivity index (χ3v) is 4.63. The minimum atomic E-state index is -0.323. The van der Waals surface area contributed by atoms with Crippen LogP contribution >= 0.6 is 0 Å². The summed E-state index contributed by atoms with van der Waals surface area (Å²) in [7, 11) is 1.59. The molecule has 0 heterocycles. The second-order valence-corrected chi connectivity index (χ2v) is 7.43. The van der Waals surface area contributed by atoms with Crippen molar-refractivity contribution in [3.63, 3.8) is 0 Å². The normalized spacial score (nSPS) is 10.8. The van der Waals surface area contributed by atoms with Crippen molar-refractivity contribution >= 4 is 17.5 Å². The van der Waals surface area contributed by atoms with E-state index in [1.54, 1.807) is 7.11 Å². The largest absolute Gasteiger partial charge is 0.496 e. The molecule has 2 rings (SSSR count). The molecule has 0 saturated carbocycles. The molecule has 2 N–H and O–H groups in total. The fourth-order valence-corrected chi connectivity index (χ4v) is 3.13. The number of hydrogen-bond donors (Lipinski definition) is 2. The molecule has 0 saturated heterocycles. The monoisotopic (exact) mass is 382 g/mol. The van der Waals surface area contributed by atoms with Crippen LogP contribution < -0.4 is 15.4 Å². The number of hydrogen-bond acceptors (Lipinski definition) is 3. The number of carbonyl (C=O) groups is 2. The van der Waals surface area contributed by atoms with Gasteiger partial charge in [-0.1, -0.05) is 64.1 Å². The maximum Gasteiger partial charge on any atom is 0.233 e. The molecule has 0 aliphatic rings. The van der Waals surface area contributed by atoms with Crippen molar-refractivity contribution in [1.29, 1.82) is 0 Å². The number of rotatable bonds is 8. The van der Waals surface area contributed by atoms with E-state index in [0.717, 1.165) is 22.4 Å². The first-order chi connectivity index (χ1) is 13.3. The summed E-state index contributed by atoms with van der Waals surface area (Å²) >= 11 is 0. The van der Waals surface area contributed by atoms with Gasteiger partial charge in [-0.25, -0.2) is 0 Å². The molecule has 0 aromatic heterocycles. The molecule has 2 aromatic rings.